The summed E-state index contributed by atoms with van der Waals surface area (Å²) in [5, 5.41) is 6.49. The summed E-state index contributed by atoms with van der Waals surface area (Å²) in [6, 6.07) is 8.56. The standard InChI is InChI=1S/C14H15NO2S/c1-2-17-14(16)13(11-8-15-11)10-3-4-12-9(7-10)5-6-18-12/h3-7,11,13,15H,2,8H2,1H3/t11-,13?/m1/s1. The highest BCUT2D eigenvalue weighted by Gasteiger charge is 2.38. The van der Waals surface area contributed by atoms with E-state index in [1.54, 1.807) is 11.3 Å². The van der Waals surface area contributed by atoms with E-state index < -0.39 is 0 Å². The molecule has 0 radical (unpaired) electrons. The van der Waals surface area contributed by atoms with Crippen molar-refractivity contribution in [3.8, 4) is 0 Å². The van der Waals surface area contributed by atoms with Gasteiger partial charge in [-0.05, 0) is 41.5 Å². The summed E-state index contributed by atoms with van der Waals surface area (Å²) in [4.78, 5) is 12.0. The number of thiophene rings is 1. The first-order valence-corrected chi connectivity index (χ1v) is 7.04. The lowest BCUT2D eigenvalue weighted by Crippen LogP contribution is -2.22. The normalized spacial score (nSPS) is 19.7. The predicted molar refractivity (Wildman–Crippen MR) is 73.0 cm³/mol. The second-order valence-corrected chi connectivity index (χ2v) is 5.41. The minimum Gasteiger partial charge on any atom is -0.465 e. The largest absolute Gasteiger partial charge is 0.465 e. The molecule has 0 amide bonds. The molecule has 1 fully saturated rings. The van der Waals surface area contributed by atoms with Crippen LogP contribution < -0.4 is 5.32 Å². The van der Waals surface area contributed by atoms with Gasteiger partial charge in [0.15, 0.2) is 0 Å². The van der Waals surface area contributed by atoms with Crippen LogP contribution in [-0.4, -0.2) is 25.2 Å². The van der Waals surface area contributed by atoms with Gasteiger partial charge in [-0.2, -0.15) is 0 Å². The first-order valence-electron chi connectivity index (χ1n) is 6.17. The van der Waals surface area contributed by atoms with E-state index in [9.17, 15) is 4.79 Å². The van der Waals surface area contributed by atoms with E-state index in [1.165, 1.54) is 10.1 Å². The minimum atomic E-state index is -0.172. The SMILES string of the molecule is CCOC(=O)C(c1ccc2sccc2c1)[C@H]1CN1. The molecular weight excluding hydrogens is 246 g/mol. The van der Waals surface area contributed by atoms with Crippen molar-refractivity contribution in [3.63, 3.8) is 0 Å². The molecule has 1 aliphatic rings. The number of carbonyl (C=O) groups is 1. The van der Waals surface area contributed by atoms with E-state index in [4.69, 9.17) is 4.74 Å². The first-order chi connectivity index (χ1) is 8.79. The van der Waals surface area contributed by atoms with E-state index in [0.29, 0.717) is 6.61 Å². The molecule has 0 saturated carbocycles. The van der Waals surface area contributed by atoms with Crippen LogP contribution in [0, 0.1) is 0 Å². The average Bonchev–Trinajstić information content (AvgIpc) is 3.07. The second-order valence-electron chi connectivity index (χ2n) is 4.46. The van der Waals surface area contributed by atoms with Crippen molar-refractivity contribution in [1.82, 2.24) is 5.32 Å². The Bertz CT molecular complexity index is 574. The third kappa shape index (κ3) is 2.13. The number of benzene rings is 1. The van der Waals surface area contributed by atoms with E-state index in [0.717, 1.165) is 12.1 Å². The molecule has 0 aliphatic carbocycles. The molecule has 18 heavy (non-hydrogen) atoms. The molecule has 1 aromatic heterocycles. The predicted octanol–water partition coefficient (Wildman–Crippen LogP) is 2.52. The van der Waals surface area contributed by atoms with Crippen LogP contribution in [0.5, 0.6) is 0 Å². The van der Waals surface area contributed by atoms with Crippen molar-refractivity contribution < 1.29 is 9.53 Å². The third-order valence-electron chi connectivity index (χ3n) is 3.22. The van der Waals surface area contributed by atoms with Crippen molar-refractivity contribution in [2.75, 3.05) is 13.2 Å². The Hall–Kier alpha value is -1.39. The van der Waals surface area contributed by atoms with Crippen molar-refractivity contribution in [2.24, 2.45) is 0 Å². The smallest absolute Gasteiger partial charge is 0.315 e. The van der Waals surface area contributed by atoms with Gasteiger partial charge < -0.3 is 10.1 Å². The van der Waals surface area contributed by atoms with E-state index >= 15 is 0 Å². The summed E-state index contributed by atoms with van der Waals surface area (Å²) in [6.07, 6.45) is 0. The molecule has 2 aromatic rings. The van der Waals surface area contributed by atoms with E-state index in [-0.39, 0.29) is 17.9 Å². The molecular formula is C14H15NO2S. The van der Waals surface area contributed by atoms with Crippen LogP contribution in [0.1, 0.15) is 18.4 Å². The number of hydrogen-bond donors (Lipinski definition) is 1. The number of nitrogens with one attached hydrogen (secondary N) is 1. The first kappa shape index (κ1) is 11.7. The summed E-state index contributed by atoms with van der Waals surface area (Å²) < 4.78 is 6.43. The number of rotatable bonds is 4. The van der Waals surface area contributed by atoms with Crippen molar-refractivity contribution >= 4 is 27.4 Å². The van der Waals surface area contributed by atoms with Gasteiger partial charge in [-0.3, -0.25) is 4.79 Å². The van der Waals surface area contributed by atoms with Crippen LogP contribution in [0.25, 0.3) is 10.1 Å². The highest BCUT2D eigenvalue weighted by atomic mass is 32.1. The molecule has 4 heteroatoms. The fourth-order valence-corrected chi connectivity index (χ4v) is 3.02. The van der Waals surface area contributed by atoms with Crippen LogP contribution in [0.2, 0.25) is 0 Å². The molecule has 1 unspecified atom stereocenters. The summed E-state index contributed by atoms with van der Waals surface area (Å²) in [6.45, 7) is 3.17. The zero-order chi connectivity index (χ0) is 12.5. The van der Waals surface area contributed by atoms with Gasteiger partial charge in [0.05, 0.1) is 12.5 Å². The van der Waals surface area contributed by atoms with Crippen LogP contribution >= 0.6 is 11.3 Å². The highest BCUT2D eigenvalue weighted by Crippen LogP contribution is 2.30. The summed E-state index contributed by atoms with van der Waals surface area (Å²) >= 11 is 1.72. The quantitative estimate of drug-likeness (QED) is 0.679. The van der Waals surface area contributed by atoms with Crippen LogP contribution in [0.4, 0.5) is 0 Å². The van der Waals surface area contributed by atoms with Gasteiger partial charge in [0.1, 0.15) is 0 Å². The average molecular weight is 261 g/mol. The fraction of sp³-hybridized carbons (Fsp3) is 0.357. The zero-order valence-electron chi connectivity index (χ0n) is 10.2. The second kappa shape index (κ2) is 4.71. The van der Waals surface area contributed by atoms with E-state index in [1.807, 2.05) is 13.0 Å². The molecule has 1 aromatic carbocycles. The molecule has 2 atom stereocenters. The number of carbonyl (C=O) groups excluding carboxylic acids is 1. The molecule has 3 nitrogen and oxygen atoms in total. The van der Waals surface area contributed by atoms with Crippen molar-refractivity contribution in [2.45, 2.75) is 18.9 Å². The van der Waals surface area contributed by atoms with Crippen LogP contribution in [0.3, 0.4) is 0 Å². The molecule has 1 aliphatic heterocycles. The monoisotopic (exact) mass is 261 g/mol. The highest BCUT2D eigenvalue weighted by molar-refractivity contribution is 7.17. The topological polar surface area (TPSA) is 48.2 Å². The summed E-state index contributed by atoms with van der Waals surface area (Å²) in [5.74, 6) is -0.295. The Labute approximate surface area is 110 Å². The van der Waals surface area contributed by atoms with Crippen molar-refractivity contribution in [1.29, 1.82) is 0 Å². The number of ether oxygens (including phenoxy) is 1. The molecule has 2 heterocycles. The molecule has 0 bridgehead atoms. The number of hydrogen-bond acceptors (Lipinski definition) is 4. The van der Waals surface area contributed by atoms with Gasteiger partial charge >= 0.3 is 5.97 Å². The minimum absolute atomic E-state index is 0.123. The molecule has 1 N–H and O–H groups in total. The fourth-order valence-electron chi connectivity index (χ4n) is 2.25. The van der Waals surface area contributed by atoms with Gasteiger partial charge in [0.2, 0.25) is 0 Å². The maximum Gasteiger partial charge on any atom is 0.315 e. The Kier molecular flexibility index (Phi) is 3.06. The molecule has 0 spiro atoms. The van der Waals surface area contributed by atoms with Gasteiger partial charge in [0.25, 0.3) is 0 Å². The maximum absolute atomic E-state index is 12.0. The zero-order valence-corrected chi connectivity index (χ0v) is 11.0. The summed E-state index contributed by atoms with van der Waals surface area (Å²) in [5.41, 5.74) is 1.05. The van der Waals surface area contributed by atoms with Crippen LogP contribution in [0.15, 0.2) is 29.6 Å². The van der Waals surface area contributed by atoms with E-state index in [2.05, 4.69) is 28.9 Å². The number of esters is 1. The lowest BCUT2D eigenvalue weighted by atomic mass is 9.95. The van der Waals surface area contributed by atoms with Gasteiger partial charge in [-0.15, -0.1) is 11.3 Å². The Morgan fingerprint density at radius 1 is 1.56 bits per heavy atom. The lowest BCUT2D eigenvalue weighted by Gasteiger charge is -2.14. The molecule has 94 valence electrons. The lowest BCUT2D eigenvalue weighted by molar-refractivity contribution is -0.144. The Morgan fingerprint density at radius 3 is 3.11 bits per heavy atom. The number of fused-ring (bicyclic) bond motifs is 1. The van der Waals surface area contributed by atoms with Gasteiger partial charge in [0, 0.05) is 17.3 Å². The Balaban J connectivity index is 1.95. The third-order valence-corrected chi connectivity index (χ3v) is 4.12. The molecule has 1 saturated heterocycles. The summed E-state index contributed by atoms with van der Waals surface area (Å²) in [7, 11) is 0. The molecule has 3 rings (SSSR count). The van der Waals surface area contributed by atoms with Gasteiger partial charge in [-0.25, -0.2) is 0 Å². The van der Waals surface area contributed by atoms with Crippen molar-refractivity contribution in [3.05, 3.63) is 35.2 Å². The maximum atomic E-state index is 12.0. The van der Waals surface area contributed by atoms with Gasteiger partial charge in [-0.1, -0.05) is 6.07 Å². The Morgan fingerprint density at radius 2 is 2.39 bits per heavy atom. The van der Waals surface area contributed by atoms with Crippen LogP contribution in [-0.2, 0) is 9.53 Å².